The van der Waals surface area contributed by atoms with E-state index in [1.165, 1.54) is 23.8 Å². The van der Waals surface area contributed by atoms with Crippen LogP contribution in [0.25, 0.3) is 11.1 Å². The lowest BCUT2D eigenvalue weighted by molar-refractivity contribution is -0.141. The van der Waals surface area contributed by atoms with E-state index >= 15 is 0 Å². The van der Waals surface area contributed by atoms with Crippen LogP contribution in [0.4, 0.5) is 5.69 Å². The predicted molar refractivity (Wildman–Crippen MR) is 152 cm³/mol. The summed E-state index contributed by atoms with van der Waals surface area (Å²) in [6.45, 7) is 9.11. The molecule has 6 nitrogen and oxygen atoms in total. The number of carbonyl (C=O) groups is 2. The van der Waals surface area contributed by atoms with E-state index in [0.29, 0.717) is 18.9 Å². The molecule has 6 heteroatoms. The normalized spacial score (nSPS) is 14.8. The SMILES string of the molecule is COC(=O)C[C@H](NC[C@H](CC(C)C)N1C(=O)CCc2ccccc21)c1cncc(-c2c(C)cccc2C)c1. The molecule has 0 radical (unpaired) electrons. The maximum Gasteiger partial charge on any atom is 0.307 e. The molecule has 0 fully saturated rings. The summed E-state index contributed by atoms with van der Waals surface area (Å²) in [5.74, 6) is 0.260. The van der Waals surface area contributed by atoms with E-state index in [1.807, 2.05) is 35.5 Å². The van der Waals surface area contributed by atoms with Crippen LogP contribution in [0.2, 0.25) is 0 Å². The van der Waals surface area contributed by atoms with Gasteiger partial charge in [0.2, 0.25) is 5.91 Å². The lowest BCUT2D eigenvalue weighted by Gasteiger charge is -2.38. The Morgan fingerprint density at radius 1 is 1.05 bits per heavy atom. The Hall–Kier alpha value is -3.51. The van der Waals surface area contributed by atoms with Gasteiger partial charge < -0.3 is 15.0 Å². The highest BCUT2D eigenvalue weighted by Crippen LogP contribution is 2.32. The van der Waals surface area contributed by atoms with E-state index in [2.05, 4.69) is 68.3 Å². The van der Waals surface area contributed by atoms with Crippen molar-refractivity contribution in [3.63, 3.8) is 0 Å². The molecule has 1 aromatic heterocycles. The smallest absolute Gasteiger partial charge is 0.307 e. The fourth-order valence-electron chi connectivity index (χ4n) is 5.57. The monoisotopic (exact) mass is 513 g/mol. The first kappa shape index (κ1) is 27.5. The quantitative estimate of drug-likeness (QED) is 0.339. The number of fused-ring (bicyclic) bond motifs is 1. The average Bonchev–Trinajstić information content (AvgIpc) is 2.90. The number of para-hydroxylation sites is 1. The van der Waals surface area contributed by atoms with Crippen LogP contribution in [0.15, 0.2) is 60.9 Å². The van der Waals surface area contributed by atoms with E-state index in [4.69, 9.17) is 4.74 Å². The van der Waals surface area contributed by atoms with Gasteiger partial charge in [0.1, 0.15) is 0 Å². The Kier molecular flexibility index (Phi) is 8.95. The Bertz CT molecular complexity index is 1270. The molecule has 4 rings (SSSR count). The van der Waals surface area contributed by atoms with Gasteiger partial charge in [-0.05, 0) is 72.6 Å². The van der Waals surface area contributed by atoms with Crippen molar-refractivity contribution in [1.82, 2.24) is 10.3 Å². The van der Waals surface area contributed by atoms with Crippen LogP contribution in [0, 0.1) is 19.8 Å². The van der Waals surface area contributed by atoms with Crippen molar-refractivity contribution >= 4 is 17.6 Å². The first-order valence-electron chi connectivity index (χ1n) is 13.5. The zero-order valence-electron chi connectivity index (χ0n) is 23.2. The zero-order chi connectivity index (χ0) is 27.2. The number of methoxy groups -OCH3 is 1. The van der Waals surface area contributed by atoms with Gasteiger partial charge in [0.05, 0.1) is 13.5 Å². The molecule has 0 unspecified atom stereocenters. The number of nitrogens with one attached hydrogen (secondary N) is 1. The van der Waals surface area contributed by atoms with Crippen molar-refractivity contribution in [1.29, 1.82) is 0 Å². The lowest BCUT2D eigenvalue weighted by Crippen LogP contribution is -2.49. The van der Waals surface area contributed by atoms with Crippen molar-refractivity contribution < 1.29 is 14.3 Å². The number of esters is 1. The number of nitrogens with zero attached hydrogens (tertiary/aromatic N) is 2. The minimum Gasteiger partial charge on any atom is -0.469 e. The Morgan fingerprint density at radius 2 is 1.79 bits per heavy atom. The zero-order valence-corrected chi connectivity index (χ0v) is 23.2. The van der Waals surface area contributed by atoms with Gasteiger partial charge in [-0.25, -0.2) is 0 Å². The highest BCUT2D eigenvalue weighted by molar-refractivity contribution is 5.97. The number of carbonyl (C=O) groups excluding carboxylic acids is 2. The fourth-order valence-corrected chi connectivity index (χ4v) is 5.57. The molecular formula is C32H39N3O3. The van der Waals surface area contributed by atoms with Crippen molar-refractivity contribution in [2.75, 3.05) is 18.6 Å². The second-order valence-corrected chi connectivity index (χ2v) is 10.7. The van der Waals surface area contributed by atoms with Crippen LogP contribution in [0.1, 0.15) is 61.4 Å². The van der Waals surface area contributed by atoms with Crippen molar-refractivity contribution in [3.05, 3.63) is 83.2 Å². The number of hydrogen-bond donors (Lipinski definition) is 1. The summed E-state index contributed by atoms with van der Waals surface area (Å²) >= 11 is 0. The Morgan fingerprint density at radius 3 is 2.50 bits per heavy atom. The largest absolute Gasteiger partial charge is 0.469 e. The maximum absolute atomic E-state index is 13.2. The van der Waals surface area contributed by atoms with Crippen LogP contribution < -0.4 is 10.2 Å². The predicted octanol–water partition coefficient (Wildman–Crippen LogP) is 5.95. The lowest BCUT2D eigenvalue weighted by atomic mass is 9.93. The van der Waals surface area contributed by atoms with E-state index in [-0.39, 0.29) is 30.4 Å². The number of hydrogen-bond acceptors (Lipinski definition) is 5. The van der Waals surface area contributed by atoms with Crippen LogP contribution >= 0.6 is 0 Å². The van der Waals surface area contributed by atoms with Crippen LogP contribution in [0.5, 0.6) is 0 Å². The van der Waals surface area contributed by atoms with E-state index in [0.717, 1.165) is 35.2 Å². The molecule has 1 N–H and O–H groups in total. The van der Waals surface area contributed by atoms with Gasteiger partial charge >= 0.3 is 5.97 Å². The molecule has 38 heavy (non-hydrogen) atoms. The summed E-state index contributed by atoms with van der Waals surface area (Å²) in [7, 11) is 1.41. The minimum absolute atomic E-state index is 0.0427. The van der Waals surface area contributed by atoms with Crippen LogP contribution in [0.3, 0.4) is 0 Å². The van der Waals surface area contributed by atoms with Gasteiger partial charge in [0.15, 0.2) is 0 Å². The van der Waals surface area contributed by atoms with E-state index in [9.17, 15) is 9.59 Å². The molecule has 2 heterocycles. The van der Waals surface area contributed by atoms with Gasteiger partial charge in [-0.3, -0.25) is 14.6 Å². The fraction of sp³-hybridized carbons (Fsp3) is 0.406. The number of ether oxygens (including phenoxy) is 1. The molecule has 0 saturated carbocycles. The van der Waals surface area contributed by atoms with Crippen LogP contribution in [-0.4, -0.2) is 36.6 Å². The molecule has 3 aromatic rings. The second kappa shape index (κ2) is 12.4. The van der Waals surface area contributed by atoms with Crippen molar-refractivity contribution in [3.8, 4) is 11.1 Å². The van der Waals surface area contributed by atoms with Gasteiger partial charge in [-0.2, -0.15) is 0 Å². The topological polar surface area (TPSA) is 71.5 Å². The molecule has 1 amide bonds. The number of aryl methyl sites for hydroxylation is 3. The van der Waals surface area contributed by atoms with Crippen molar-refractivity contribution in [2.45, 2.75) is 65.5 Å². The van der Waals surface area contributed by atoms with Crippen LogP contribution in [-0.2, 0) is 20.7 Å². The first-order valence-corrected chi connectivity index (χ1v) is 13.5. The summed E-state index contributed by atoms with van der Waals surface area (Å²) in [6.07, 6.45) is 6.00. The molecule has 0 saturated heterocycles. The number of anilines is 1. The summed E-state index contributed by atoms with van der Waals surface area (Å²) < 4.78 is 5.04. The molecule has 0 spiro atoms. The van der Waals surface area contributed by atoms with E-state index in [1.54, 1.807) is 0 Å². The Labute approximate surface area is 226 Å². The number of amides is 1. The molecule has 1 aliphatic heterocycles. The molecule has 0 bridgehead atoms. The van der Waals surface area contributed by atoms with E-state index < -0.39 is 0 Å². The molecule has 2 aromatic carbocycles. The molecular weight excluding hydrogens is 474 g/mol. The highest BCUT2D eigenvalue weighted by Gasteiger charge is 2.31. The highest BCUT2D eigenvalue weighted by atomic mass is 16.5. The van der Waals surface area contributed by atoms with Gasteiger partial charge in [-0.15, -0.1) is 0 Å². The number of pyridine rings is 1. The standard InChI is InChI=1S/C32H39N3O3/c1-21(2)15-27(35-29-12-7-6-11-24(29)13-14-30(35)36)20-34-28(17-31(37)38-5)25-16-26(19-33-18-25)32-22(3)9-8-10-23(32)4/h6-12,16,18-19,21,27-28,34H,13-15,17,20H2,1-5H3/t27-,28-/m0/s1. The third-order valence-corrected chi connectivity index (χ3v) is 7.37. The summed E-state index contributed by atoms with van der Waals surface area (Å²) in [6, 6.07) is 16.2. The number of aromatic nitrogens is 1. The first-order chi connectivity index (χ1) is 18.3. The summed E-state index contributed by atoms with van der Waals surface area (Å²) in [4.78, 5) is 32.2. The molecule has 2 atom stereocenters. The third-order valence-electron chi connectivity index (χ3n) is 7.37. The molecule has 0 aliphatic carbocycles. The summed E-state index contributed by atoms with van der Waals surface area (Å²) in [5.41, 5.74) is 7.67. The summed E-state index contributed by atoms with van der Waals surface area (Å²) in [5, 5.41) is 3.63. The Balaban J connectivity index is 1.64. The van der Waals surface area contributed by atoms with Gasteiger partial charge in [-0.1, -0.05) is 50.2 Å². The van der Waals surface area contributed by atoms with Crippen molar-refractivity contribution in [2.24, 2.45) is 5.92 Å². The number of rotatable bonds is 10. The maximum atomic E-state index is 13.2. The number of benzene rings is 2. The molecule has 200 valence electrons. The second-order valence-electron chi connectivity index (χ2n) is 10.7. The minimum atomic E-state index is -0.302. The molecule has 1 aliphatic rings. The third kappa shape index (κ3) is 6.30. The average molecular weight is 514 g/mol. The van der Waals surface area contributed by atoms with Gasteiger partial charge in [0.25, 0.3) is 0 Å². The van der Waals surface area contributed by atoms with Gasteiger partial charge in [0, 0.05) is 48.7 Å².